The number of nitrogens with one attached hydrogen (secondary N) is 2. The van der Waals surface area contributed by atoms with Gasteiger partial charge in [-0.05, 0) is 67.8 Å². The summed E-state index contributed by atoms with van der Waals surface area (Å²) < 4.78 is 17.2. The molecule has 0 saturated carbocycles. The van der Waals surface area contributed by atoms with Gasteiger partial charge in [-0.25, -0.2) is 4.79 Å². The van der Waals surface area contributed by atoms with E-state index < -0.39 is 26.3 Å². The summed E-state index contributed by atoms with van der Waals surface area (Å²) in [6, 6.07) is 0. The number of carbonyl (C=O) groups excluding carboxylic acids is 3. The van der Waals surface area contributed by atoms with Crippen LogP contribution in [0.3, 0.4) is 0 Å². The van der Waals surface area contributed by atoms with Crippen LogP contribution in [0.4, 0.5) is 11.4 Å². The summed E-state index contributed by atoms with van der Waals surface area (Å²) in [5.74, 6) is -1.55. The zero-order valence-electron chi connectivity index (χ0n) is 13.4. The van der Waals surface area contributed by atoms with Gasteiger partial charge in [0.2, 0.25) is 11.8 Å². The first kappa shape index (κ1) is 24.0. The molecule has 0 heterocycles. The zero-order valence-corrected chi connectivity index (χ0v) is 20.8. The number of hydrogen-bond donors (Lipinski definition) is 4. The molecule has 0 spiro atoms. The van der Waals surface area contributed by atoms with E-state index >= 15 is 0 Å². The number of esters is 1. The molecule has 0 fully saturated rings. The van der Waals surface area contributed by atoms with Crippen molar-refractivity contribution in [3.8, 4) is 0 Å². The molecule has 2 amide bonds. The molecule has 0 saturated heterocycles. The third-order valence-electron chi connectivity index (χ3n) is 2.74. The Kier molecular flexibility index (Phi) is 9.19. The molecule has 1 aromatic carbocycles. The minimum atomic E-state index is -4.30. The summed E-state index contributed by atoms with van der Waals surface area (Å²) in [7, 11) is -4.30. The highest BCUT2D eigenvalue weighted by molar-refractivity contribution is 14.1. The van der Waals surface area contributed by atoms with Crippen molar-refractivity contribution in [3.05, 3.63) is 16.3 Å². The average molecular weight is 722 g/mol. The molecule has 0 aliphatic carbocycles. The number of amides is 2. The first-order valence-corrected chi connectivity index (χ1v) is 11.9. The number of rotatable bonds is 6. The quantitative estimate of drug-likeness (QED) is 0.201. The smallest absolute Gasteiger partial charge is 0.340 e. The van der Waals surface area contributed by atoms with Crippen LogP contribution in [0, 0.1) is 10.7 Å². The monoisotopic (exact) mass is 722 g/mol. The Bertz CT molecular complexity index is 766. The molecule has 0 aliphatic heterocycles. The van der Waals surface area contributed by atoms with E-state index in [2.05, 4.69) is 10.6 Å². The predicted molar refractivity (Wildman–Crippen MR) is 120 cm³/mol. The highest BCUT2D eigenvalue weighted by Crippen LogP contribution is 2.39. The summed E-state index contributed by atoms with van der Waals surface area (Å²) in [6.07, 6.45) is -0.604. The molecule has 9 nitrogen and oxygen atoms in total. The fraction of sp³-hybridized carbons (Fsp3) is 0.308. The van der Waals surface area contributed by atoms with Gasteiger partial charge in [0.15, 0.2) is 0 Å². The fourth-order valence-corrected chi connectivity index (χ4v) is 6.22. The van der Waals surface area contributed by atoms with E-state index in [9.17, 15) is 18.9 Å². The zero-order chi connectivity index (χ0) is 20.2. The third-order valence-corrected chi connectivity index (χ3v) is 6.74. The van der Waals surface area contributed by atoms with Gasteiger partial charge < -0.3 is 25.2 Å². The molecular weight excluding hydrogens is 708 g/mol. The van der Waals surface area contributed by atoms with E-state index in [4.69, 9.17) is 14.5 Å². The van der Waals surface area contributed by atoms with Gasteiger partial charge >= 0.3 is 13.6 Å². The Labute approximate surface area is 190 Å². The van der Waals surface area contributed by atoms with Gasteiger partial charge in [-0.1, -0.05) is 0 Å². The average Bonchev–Trinajstić information content (AvgIpc) is 2.46. The van der Waals surface area contributed by atoms with E-state index in [1.807, 2.05) is 67.8 Å². The topological polar surface area (TPSA) is 142 Å². The molecular formula is C13H14I3N2O7P. The molecule has 4 N–H and O–H groups in total. The molecule has 144 valence electrons. The van der Waals surface area contributed by atoms with Gasteiger partial charge in [0, 0.05) is 13.8 Å². The molecule has 0 aliphatic rings. The molecule has 0 aromatic heterocycles. The van der Waals surface area contributed by atoms with Crippen LogP contribution < -0.4 is 10.6 Å². The van der Waals surface area contributed by atoms with Gasteiger partial charge in [-0.15, -0.1) is 0 Å². The number of ether oxygens (including phenoxy) is 1. The van der Waals surface area contributed by atoms with Gasteiger partial charge in [0.25, 0.3) is 0 Å². The largest absolute Gasteiger partial charge is 0.461 e. The second-order valence-corrected chi connectivity index (χ2v) is 9.97. The first-order chi connectivity index (χ1) is 11.8. The molecule has 1 rings (SSSR count). The summed E-state index contributed by atoms with van der Waals surface area (Å²) in [4.78, 5) is 53.1. The highest BCUT2D eigenvalue weighted by Gasteiger charge is 2.27. The van der Waals surface area contributed by atoms with Gasteiger partial charge in [-0.3, -0.25) is 14.2 Å². The van der Waals surface area contributed by atoms with Crippen molar-refractivity contribution in [1.29, 1.82) is 0 Å². The summed E-state index contributed by atoms with van der Waals surface area (Å²) >= 11 is 5.68. The predicted octanol–water partition coefficient (Wildman–Crippen LogP) is 2.75. The Balaban J connectivity index is 3.40. The fourth-order valence-electron chi connectivity index (χ4n) is 1.74. The van der Waals surface area contributed by atoms with Crippen molar-refractivity contribution in [1.82, 2.24) is 0 Å². The van der Waals surface area contributed by atoms with Crippen molar-refractivity contribution in [3.63, 3.8) is 0 Å². The molecule has 0 atom stereocenters. The molecule has 0 bridgehead atoms. The van der Waals surface area contributed by atoms with Gasteiger partial charge in [0.1, 0.15) is 6.61 Å². The number of carbonyl (C=O) groups is 3. The third kappa shape index (κ3) is 6.85. The van der Waals surface area contributed by atoms with Crippen molar-refractivity contribution in [2.75, 3.05) is 23.4 Å². The first-order valence-electron chi connectivity index (χ1n) is 6.82. The summed E-state index contributed by atoms with van der Waals surface area (Å²) in [5.41, 5.74) is 0.763. The number of benzene rings is 1. The van der Waals surface area contributed by atoms with Crippen molar-refractivity contribution < 1.29 is 33.5 Å². The van der Waals surface area contributed by atoms with Crippen molar-refractivity contribution in [2.24, 2.45) is 0 Å². The van der Waals surface area contributed by atoms with E-state index in [0.29, 0.717) is 22.1 Å². The minimum absolute atomic E-state index is 0.0878. The Morgan fingerprint density at radius 1 is 0.962 bits per heavy atom. The Hall–Kier alpha value is -0.0300. The van der Waals surface area contributed by atoms with Gasteiger partial charge in [-0.2, -0.15) is 0 Å². The summed E-state index contributed by atoms with van der Waals surface area (Å²) in [6.45, 7) is 2.15. The van der Waals surface area contributed by atoms with Crippen LogP contribution in [-0.2, 0) is 18.9 Å². The molecule has 0 radical (unpaired) electrons. The molecule has 13 heteroatoms. The van der Waals surface area contributed by atoms with E-state index in [1.54, 1.807) is 0 Å². The SMILES string of the molecule is CC(=O)Nc1c(I)c(NC(C)=O)c(I)c(C(=O)OCCP(=O)(O)O)c1I. The lowest BCUT2D eigenvalue weighted by molar-refractivity contribution is -0.115. The maximum Gasteiger partial charge on any atom is 0.340 e. The van der Waals surface area contributed by atoms with Crippen LogP contribution in [0.15, 0.2) is 0 Å². The molecule has 0 unspecified atom stereocenters. The lowest BCUT2D eigenvalue weighted by Crippen LogP contribution is -2.19. The standard InChI is InChI=1S/C13H14I3N2O7P/c1-5(19)17-11-8(14)7(13(21)25-3-4-26(22,23)24)9(15)12(10(11)16)18-6(2)20/h3-4H2,1-2H3,(H,17,19)(H,18,20)(H2,22,23,24). The number of anilines is 2. The summed E-state index contributed by atoms with van der Waals surface area (Å²) in [5, 5.41) is 5.23. The van der Waals surface area contributed by atoms with Crippen LogP contribution in [0.25, 0.3) is 0 Å². The number of hydrogen-bond acceptors (Lipinski definition) is 5. The van der Waals surface area contributed by atoms with E-state index in [-0.39, 0.29) is 17.4 Å². The molecule has 26 heavy (non-hydrogen) atoms. The second-order valence-electron chi connectivity index (χ2n) is 4.95. The molecule has 1 aromatic rings. The normalized spacial score (nSPS) is 11.0. The van der Waals surface area contributed by atoms with Crippen LogP contribution in [0.2, 0.25) is 0 Å². The maximum atomic E-state index is 12.4. The van der Waals surface area contributed by atoms with Gasteiger partial charge in [0.05, 0.1) is 33.8 Å². The lowest BCUT2D eigenvalue weighted by atomic mass is 10.1. The van der Waals surface area contributed by atoms with Crippen molar-refractivity contribution in [2.45, 2.75) is 13.8 Å². The van der Waals surface area contributed by atoms with Crippen LogP contribution in [0.1, 0.15) is 24.2 Å². The van der Waals surface area contributed by atoms with Crippen LogP contribution >= 0.6 is 75.4 Å². The number of halogens is 3. The van der Waals surface area contributed by atoms with Crippen LogP contribution in [-0.4, -0.2) is 40.3 Å². The maximum absolute atomic E-state index is 12.4. The van der Waals surface area contributed by atoms with E-state index in [1.165, 1.54) is 13.8 Å². The van der Waals surface area contributed by atoms with E-state index in [0.717, 1.165) is 0 Å². The van der Waals surface area contributed by atoms with Crippen LogP contribution in [0.5, 0.6) is 0 Å². The second kappa shape index (κ2) is 9.95. The Morgan fingerprint density at radius 3 is 1.73 bits per heavy atom. The minimum Gasteiger partial charge on any atom is -0.461 e. The Morgan fingerprint density at radius 2 is 1.38 bits per heavy atom. The lowest BCUT2D eigenvalue weighted by Gasteiger charge is -2.19. The highest BCUT2D eigenvalue weighted by atomic mass is 127. The van der Waals surface area contributed by atoms with Crippen molar-refractivity contribution >= 4 is 105 Å².